The van der Waals surface area contributed by atoms with Gasteiger partial charge in [0.25, 0.3) is 5.91 Å². The summed E-state index contributed by atoms with van der Waals surface area (Å²) < 4.78 is 5.47. The van der Waals surface area contributed by atoms with Crippen LogP contribution in [-0.4, -0.2) is 66.9 Å². The molecule has 3 aliphatic rings. The van der Waals surface area contributed by atoms with Gasteiger partial charge < -0.3 is 25.6 Å². The number of nitrogens with zero attached hydrogens (tertiary/aromatic N) is 2. The Bertz CT molecular complexity index is 869. The van der Waals surface area contributed by atoms with E-state index in [4.69, 9.17) is 10.5 Å². The van der Waals surface area contributed by atoms with E-state index in [0.29, 0.717) is 62.2 Å². The lowest BCUT2D eigenvalue weighted by atomic mass is 9.81. The van der Waals surface area contributed by atoms with Crippen molar-refractivity contribution in [1.29, 1.82) is 0 Å². The SMILES string of the molecule is CCOc1ccc(N)c(C(=O)NC[C@H]2CC[C@H](C(=O)N3CCN(C(=O)C4CC4)CC3)CC2)c1. The summed E-state index contributed by atoms with van der Waals surface area (Å²) in [5, 5.41) is 3.01. The number of benzene rings is 1. The summed E-state index contributed by atoms with van der Waals surface area (Å²) in [5.74, 6) is 1.61. The van der Waals surface area contributed by atoms with E-state index < -0.39 is 0 Å². The number of hydrogen-bond acceptors (Lipinski definition) is 5. The number of anilines is 1. The third-order valence-corrected chi connectivity index (χ3v) is 7.16. The predicted octanol–water partition coefficient (Wildman–Crippen LogP) is 2.28. The summed E-state index contributed by atoms with van der Waals surface area (Å²) >= 11 is 0. The quantitative estimate of drug-likeness (QED) is 0.613. The molecule has 0 aromatic heterocycles. The summed E-state index contributed by atoms with van der Waals surface area (Å²) in [6.07, 6.45) is 5.59. The number of amides is 3. The van der Waals surface area contributed by atoms with Gasteiger partial charge in [-0.15, -0.1) is 0 Å². The molecule has 0 spiro atoms. The number of carbonyl (C=O) groups is 3. The van der Waals surface area contributed by atoms with E-state index in [1.807, 2.05) is 16.7 Å². The Morgan fingerprint density at radius 1 is 0.939 bits per heavy atom. The van der Waals surface area contributed by atoms with Crippen LogP contribution in [0.4, 0.5) is 5.69 Å². The second kappa shape index (κ2) is 10.4. The first-order valence-electron chi connectivity index (χ1n) is 12.3. The molecule has 4 rings (SSSR count). The van der Waals surface area contributed by atoms with Gasteiger partial charge in [-0.3, -0.25) is 14.4 Å². The maximum absolute atomic E-state index is 13.0. The Kier molecular flexibility index (Phi) is 7.40. The largest absolute Gasteiger partial charge is 0.494 e. The molecule has 3 fully saturated rings. The van der Waals surface area contributed by atoms with Gasteiger partial charge >= 0.3 is 0 Å². The molecule has 0 bridgehead atoms. The third-order valence-electron chi connectivity index (χ3n) is 7.16. The number of nitrogens with one attached hydrogen (secondary N) is 1. The van der Waals surface area contributed by atoms with Crippen LogP contribution in [-0.2, 0) is 9.59 Å². The van der Waals surface area contributed by atoms with Crippen LogP contribution in [0.15, 0.2) is 18.2 Å². The lowest BCUT2D eigenvalue weighted by molar-refractivity contribution is -0.143. The topological polar surface area (TPSA) is 105 Å². The molecular formula is C25H36N4O4. The van der Waals surface area contributed by atoms with Gasteiger partial charge in [0.2, 0.25) is 11.8 Å². The normalized spacial score (nSPS) is 23.2. The van der Waals surface area contributed by atoms with Crippen LogP contribution >= 0.6 is 0 Å². The van der Waals surface area contributed by atoms with E-state index in [-0.39, 0.29) is 29.6 Å². The number of ether oxygens (including phenoxy) is 1. The number of carbonyl (C=O) groups excluding carboxylic acids is 3. The zero-order chi connectivity index (χ0) is 23.4. The highest BCUT2D eigenvalue weighted by molar-refractivity contribution is 5.99. The van der Waals surface area contributed by atoms with E-state index >= 15 is 0 Å². The molecule has 2 aliphatic carbocycles. The first-order valence-corrected chi connectivity index (χ1v) is 12.3. The second-order valence-corrected chi connectivity index (χ2v) is 9.53. The molecule has 0 radical (unpaired) electrons. The van der Waals surface area contributed by atoms with Gasteiger partial charge in [-0.2, -0.15) is 0 Å². The molecule has 180 valence electrons. The minimum atomic E-state index is -0.189. The van der Waals surface area contributed by atoms with E-state index in [9.17, 15) is 14.4 Å². The fourth-order valence-electron chi connectivity index (χ4n) is 4.93. The molecule has 8 heteroatoms. The van der Waals surface area contributed by atoms with Gasteiger partial charge in [-0.05, 0) is 69.6 Å². The number of hydrogen-bond donors (Lipinski definition) is 2. The van der Waals surface area contributed by atoms with Crippen LogP contribution in [0, 0.1) is 17.8 Å². The zero-order valence-corrected chi connectivity index (χ0v) is 19.6. The smallest absolute Gasteiger partial charge is 0.253 e. The molecule has 8 nitrogen and oxygen atoms in total. The van der Waals surface area contributed by atoms with Gasteiger partial charge in [0.15, 0.2) is 0 Å². The number of rotatable bonds is 7. The van der Waals surface area contributed by atoms with Crippen molar-refractivity contribution in [2.75, 3.05) is 45.1 Å². The molecule has 3 amide bonds. The molecule has 1 aliphatic heterocycles. The van der Waals surface area contributed by atoms with Crippen molar-refractivity contribution in [3.63, 3.8) is 0 Å². The predicted molar refractivity (Wildman–Crippen MR) is 126 cm³/mol. The monoisotopic (exact) mass is 456 g/mol. The van der Waals surface area contributed by atoms with Crippen molar-refractivity contribution in [3.05, 3.63) is 23.8 Å². The summed E-state index contributed by atoms with van der Waals surface area (Å²) in [7, 11) is 0. The van der Waals surface area contributed by atoms with Gasteiger partial charge in [-0.25, -0.2) is 0 Å². The van der Waals surface area contributed by atoms with Gasteiger partial charge in [0, 0.05) is 50.2 Å². The average molecular weight is 457 g/mol. The molecular weight excluding hydrogens is 420 g/mol. The Labute approximate surface area is 195 Å². The van der Waals surface area contributed by atoms with E-state index in [1.165, 1.54) is 0 Å². The van der Waals surface area contributed by atoms with Crippen LogP contribution in [0.25, 0.3) is 0 Å². The fourth-order valence-corrected chi connectivity index (χ4v) is 4.93. The van der Waals surface area contributed by atoms with Gasteiger partial charge in [0.05, 0.1) is 12.2 Å². The molecule has 0 atom stereocenters. The van der Waals surface area contributed by atoms with Crippen molar-refractivity contribution in [3.8, 4) is 5.75 Å². The average Bonchev–Trinajstić information content (AvgIpc) is 3.69. The summed E-state index contributed by atoms with van der Waals surface area (Å²) in [6, 6.07) is 5.14. The molecule has 1 saturated heterocycles. The van der Waals surface area contributed by atoms with Crippen LogP contribution in [0.2, 0.25) is 0 Å². The minimum absolute atomic E-state index is 0.0566. The second-order valence-electron chi connectivity index (χ2n) is 9.53. The first-order chi connectivity index (χ1) is 16.0. The summed E-state index contributed by atoms with van der Waals surface area (Å²) in [4.78, 5) is 41.7. The molecule has 2 saturated carbocycles. The minimum Gasteiger partial charge on any atom is -0.494 e. The van der Waals surface area contributed by atoms with E-state index in [0.717, 1.165) is 38.5 Å². The van der Waals surface area contributed by atoms with Crippen LogP contribution in [0.1, 0.15) is 55.8 Å². The van der Waals surface area contributed by atoms with Crippen molar-refractivity contribution >= 4 is 23.4 Å². The van der Waals surface area contributed by atoms with Crippen molar-refractivity contribution in [2.24, 2.45) is 17.8 Å². The highest BCUT2D eigenvalue weighted by Gasteiger charge is 2.36. The number of piperazine rings is 1. The number of nitrogens with two attached hydrogens (primary N) is 1. The van der Waals surface area contributed by atoms with Gasteiger partial charge in [-0.1, -0.05) is 0 Å². The van der Waals surface area contributed by atoms with Crippen LogP contribution < -0.4 is 15.8 Å². The molecule has 0 unspecified atom stereocenters. The van der Waals surface area contributed by atoms with E-state index in [2.05, 4.69) is 5.32 Å². The maximum atomic E-state index is 13.0. The highest BCUT2D eigenvalue weighted by atomic mass is 16.5. The molecule has 3 N–H and O–H groups in total. The first kappa shape index (κ1) is 23.4. The molecule has 33 heavy (non-hydrogen) atoms. The Hall–Kier alpha value is -2.77. The Morgan fingerprint density at radius 2 is 1.48 bits per heavy atom. The zero-order valence-electron chi connectivity index (χ0n) is 19.6. The lowest BCUT2D eigenvalue weighted by Crippen LogP contribution is -2.52. The molecule has 1 aromatic carbocycles. The van der Waals surface area contributed by atoms with Crippen molar-refractivity contribution in [2.45, 2.75) is 45.4 Å². The summed E-state index contributed by atoms with van der Waals surface area (Å²) in [6.45, 7) is 5.63. The van der Waals surface area contributed by atoms with Crippen molar-refractivity contribution in [1.82, 2.24) is 15.1 Å². The maximum Gasteiger partial charge on any atom is 0.253 e. The molecule has 1 heterocycles. The Balaban J connectivity index is 1.19. The van der Waals surface area contributed by atoms with Crippen molar-refractivity contribution < 1.29 is 19.1 Å². The van der Waals surface area contributed by atoms with Crippen LogP contribution in [0.5, 0.6) is 5.75 Å². The van der Waals surface area contributed by atoms with Gasteiger partial charge in [0.1, 0.15) is 5.75 Å². The van der Waals surface area contributed by atoms with Crippen LogP contribution in [0.3, 0.4) is 0 Å². The standard InChI is InChI=1S/C25H36N4O4/c1-2-33-20-9-10-22(26)21(15-20)23(30)27-16-17-3-5-18(6-4-17)24(31)28-11-13-29(14-12-28)25(32)19-7-8-19/h9-10,15,17-19H,2-8,11-14,16,26H2,1H3,(H,27,30)/t17-,18-. The molecule has 1 aromatic rings. The fraction of sp³-hybridized carbons (Fsp3) is 0.640. The lowest BCUT2D eigenvalue weighted by Gasteiger charge is -2.38. The van der Waals surface area contributed by atoms with E-state index in [1.54, 1.807) is 18.2 Å². The summed E-state index contributed by atoms with van der Waals surface area (Å²) in [5.41, 5.74) is 6.85. The highest BCUT2D eigenvalue weighted by Crippen LogP contribution is 2.32. The Morgan fingerprint density at radius 3 is 2.00 bits per heavy atom. The third kappa shape index (κ3) is 5.78. The number of nitrogen functional groups attached to an aromatic ring is 1.